The molecule has 0 atom stereocenters. The largest absolute Gasteiger partial charge is 0.396 e. The molecule has 3 N–H and O–H groups in total. The van der Waals surface area contributed by atoms with Gasteiger partial charge in [0.15, 0.2) is 5.13 Å². The average Bonchev–Trinajstić information content (AvgIpc) is 2.71. The number of hydrogen-bond acceptors (Lipinski definition) is 6. The van der Waals surface area contributed by atoms with Crippen LogP contribution >= 0.6 is 11.3 Å². The highest BCUT2D eigenvalue weighted by molar-refractivity contribution is 7.92. The second kappa shape index (κ2) is 7.19. The van der Waals surface area contributed by atoms with Crippen LogP contribution in [0.2, 0.25) is 0 Å². The van der Waals surface area contributed by atoms with E-state index in [0.717, 1.165) is 17.6 Å². The number of aromatic nitrogens is 1. The van der Waals surface area contributed by atoms with Crippen LogP contribution in [0.15, 0.2) is 5.38 Å². The summed E-state index contributed by atoms with van der Waals surface area (Å²) < 4.78 is 24.4. The summed E-state index contributed by atoms with van der Waals surface area (Å²) in [7, 11) is -3.35. The Morgan fingerprint density at radius 1 is 1.48 bits per heavy atom. The quantitative estimate of drug-likeness (QED) is 0.644. The molecule has 0 saturated carbocycles. The van der Waals surface area contributed by atoms with Gasteiger partial charge in [-0.2, -0.15) is 0 Å². The van der Waals surface area contributed by atoms with Gasteiger partial charge in [-0.1, -0.05) is 13.8 Å². The number of sulfonamides is 1. The summed E-state index contributed by atoms with van der Waals surface area (Å²) in [6.45, 7) is 4.46. The Kier molecular flexibility index (Phi) is 6.11. The van der Waals surface area contributed by atoms with Gasteiger partial charge in [0.1, 0.15) is 0 Å². The van der Waals surface area contributed by atoms with Crippen molar-refractivity contribution in [3.8, 4) is 0 Å². The van der Waals surface area contributed by atoms with E-state index >= 15 is 0 Å². The van der Waals surface area contributed by atoms with Gasteiger partial charge in [-0.3, -0.25) is 9.52 Å². The summed E-state index contributed by atoms with van der Waals surface area (Å²) >= 11 is 1.14. The number of nitrogens with one attached hydrogen (secondary N) is 2. The van der Waals surface area contributed by atoms with Crippen LogP contribution < -0.4 is 10.0 Å². The van der Waals surface area contributed by atoms with E-state index in [9.17, 15) is 13.2 Å². The summed E-state index contributed by atoms with van der Waals surface area (Å²) in [4.78, 5) is 15.9. The third-order valence-corrected chi connectivity index (χ3v) is 4.22. The molecule has 0 radical (unpaired) electrons. The van der Waals surface area contributed by atoms with Crippen LogP contribution in [0, 0.1) is 5.41 Å². The Labute approximate surface area is 128 Å². The lowest BCUT2D eigenvalue weighted by Crippen LogP contribution is -2.35. The van der Waals surface area contributed by atoms with Gasteiger partial charge in [0.05, 0.1) is 18.4 Å². The SMILES string of the molecule is CC(C)(CCO)CNC(=O)Cc1csc(NS(C)(=O)=O)n1. The zero-order valence-corrected chi connectivity index (χ0v) is 14.0. The fourth-order valence-electron chi connectivity index (χ4n) is 1.55. The van der Waals surface area contributed by atoms with Crippen molar-refractivity contribution in [2.45, 2.75) is 26.7 Å². The first kappa shape index (κ1) is 17.9. The maximum Gasteiger partial charge on any atom is 0.231 e. The van der Waals surface area contributed by atoms with Gasteiger partial charge in [-0.25, -0.2) is 13.4 Å². The molecule has 0 fully saturated rings. The molecule has 1 aromatic rings. The van der Waals surface area contributed by atoms with Crippen LogP contribution in [0.5, 0.6) is 0 Å². The van der Waals surface area contributed by atoms with E-state index in [1.807, 2.05) is 13.8 Å². The van der Waals surface area contributed by atoms with Crippen molar-refractivity contribution < 1.29 is 18.3 Å². The Morgan fingerprint density at radius 2 is 2.14 bits per heavy atom. The van der Waals surface area contributed by atoms with Crippen molar-refractivity contribution >= 4 is 32.4 Å². The molecule has 21 heavy (non-hydrogen) atoms. The molecule has 7 nitrogen and oxygen atoms in total. The smallest absolute Gasteiger partial charge is 0.231 e. The van der Waals surface area contributed by atoms with Crippen molar-refractivity contribution in [2.24, 2.45) is 5.41 Å². The van der Waals surface area contributed by atoms with E-state index in [4.69, 9.17) is 5.11 Å². The predicted octanol–water partition coefficient (Wildman–Crippen LogP) is 0.582. The van der Waals surface area contributed by atoms with Gasteiger partial charge < -0.3 is 10.4 Å². The molecular weight excluding hydrogens is 314 g/mol. The highest BCUT2D eigenvalue weighted by Crippen LogP contribution is 2.19. The first-order valence-electron chi connectivity index (χ1n) is 6.41. The lowest BCUT2D eigenvalue weighted by atomic mass is 9.90. The lowest BCUT2D eigenvalue weighted by molar-refractivity contribution is -0.121. The molecule has 1 aromatic heterocycles. The van der Waals surface area contributed by atoms with Crippen LogP contribution in [-0.4, -0.2) is 43.8 Å². The summed E-state index contributed by atoms with van der Waals surface area (Å²) in [5, 5.41) is 13.6. The van der Waals surface area contributed by atoms with Crippen molar-refractivity contribution in [3.63, 3.8) is 0 Å². The molecule has 0 unspecified atom stereocenters. The lowest BCUT2D eigenvalue weighted by Gasteiger charge is -2.23. The third-order valence-electron chi connectivity index (χ3n) is 2.72. The normalized spacial score (nSPS) is 12.2. The molecule has 1 rings (SSSR count). The number of carbonyl (C=O) groups excluding carboxylic acids is 1. The molecule has 0 spiro atoms. The van der Waals surface area contributed by atoms with E-state index < -0.39 is 10.0 Å². The highest BCUT2D eigenvalue weighted by Gasteiger charge is 2.18. The molecule has 0 bridgehead atoms. The predicted molar refractivity (Wildman–Crippen MR) is 82.8 cm³/mol. The molecule has 0 aliphatic carbocycles. The van der Waals surface area contributed by atoms with E-state index in [-0.39, 0.29) is 29.5 Å². The highest BCUT2D eigenvalue weighted by atomic mass is 32.2. The molecule has 0 saturated heterocycles. The molecule has 0 aliphatic heterocycles. The average molecular weight is 335 g/mol. The Bertz CT molecular complexity index is 581. The number of thiazole rings is 1. The number of rotatable bonds is 8. The molecule has 1 heterocycles. The molecule has 120 valence electrons. The third kappa shape index (κ3) is 7.39. The van der Waals surface area contributed by atoms with Crippen LogP contribution in [0.4, 0.5) is 5.13 Å². The monoisotopic (exact) mass is 335 g/mol. The molecular formula is C12H21N3O4S2. The zero-order chi connectivity index (χ0) is 16.1. The Hall–Kier alpha value is -1.19. The molecule has 0 aromatic carbocycles. The second-order valence-electron chi connectivity index (χ2n) is 5.61. The number of carbonyl (C=O) groups is 1. The summed E-state index contributed by atoms with van der Waals surface area (Å²) in [5.74, 6) is -0.183. The maximum atomic E-state index is 11.8. The van der Waals surface area contributed by atoms with Gasteiger partial charge in [0.2, 0.25) is 15.9 Å². The zero-order valence-electron chi connectivity index (χ0n) is 12.3. The van der Waals surface area contributed by atoms with Crippen molar-refractivity contribution in [1.82, 2.24) is 10.3 Å². The standard InChI is InChI=1S/C12H21N3O4S2/c1-12(2,4-5-16)8-13-10(17)6-9-7-20-11(14-9)15-21(3,18)19/h7,16H,4-6,8H2,1-3H3,(H,13,17)(H,14,15). The van der Waals surface area contributed by atoms with Gasteiger partial charge in [0, 0.05) is 18.5 Å². The number of nitrogens with zero attached hydrogens (tertiary/aromatic N) is 1. The first-order valence-corrected chi connectivity index (χ1v) is 9.18. The van der Waals surface area contributed by atoms with Crippen LogP contribution in [-0.2, 0) is 21.2 Å². The number of anilines is 1. The summed E-state index contributed by atoms with van der Waals surface area (Å²) in [6.07, 6.45) is 1.74. The van der Waals surface area contributed by atoms with Gasteiger partial charge in [-0.15, -0.1) is 11.3 Å². The summed E-state index contributed by atoms with van der Waals surface area (Å²) in [6, 6.07) is 0. The van der Waals surface area contributed by atoms with Crippen LogP contribution in [0.3, 0.4) is 0 Å². The maximum absolute atomic E-state index is 11.8. The number of amides is 1. The number of aliphatic hydroxyl groups excluding tert-OH is 1. The van der Waals surface area contributed by atoms with Crippen LogP contribution in [0.1, 0.15) is 26.0 Å². The van der Waals surface area contributed by atoms with Crippen LogP contribution in [0.25, 0.3) is 0 Å². The van der Waals surface area contributed by atoms with Gasteiger partial charge >= 0.3 is 0 Å². The Balaban J connectivity index is 2.49. The van der Waals surface area contributed by atoms with E-state index in [1.165, 1.54) is 0 Å². The molecule has 0 aliphatic rings. The second-order valence-corrected chi connectivity index (χ2v) is 8.22. The summed E-state index contributed by atoms with van der Waals surface area (Å²) in [5.41, 5.74) is 0.346. The number of hydrogen-bond donors (Lipinski definition) is 3. The van der Waals surface area contributed by atoms with Gasteiger partial charge in [0.25, 0.3) is 0 Å². The van der Waals surface area contributed by atoms with E-state index in [0.29, 0.717) is 18.7 Å². The van der Waals surface area contributed by atoms with Crippen molar-refractivity contribution in [3.05, 3.63) is 11.1 Å². The minimum Gasteiger partial charge on any atom is -0.396 e. The molecule has 1 amide bonds. The minimum absolute atomic E-state index is 0.0788. The first-order chi connectivity index (χ1) is 9.61. The number of aliphatic hydroxyl groups is 1. The van der Waals surface area contributed by atoms with Crippen molar-refractivity contribution in [1.29, 1.82) is 0 Å². The van der Waals surface area contributed by atoms with E-state index in [1.54, 1.807) is 5.38 Å². The topological polar surface area (TPSA) is 108 Å². The minimum atomic E-state index is -3.35. The Morgan fingerprint density at radius 3 is 2.71 bits per heavy atom. The van der Waals surface area contributed by atoms with E-state index in [2.05, 4.69) is 15.0 Å². The van der Waals surface area contributed by atoms with Crippen molar-refractivity contribution in [2.75, 3.05) is 24.1 Å². The van der Waals surface area contributed by atoms with Gasteiger partial charge in [-0.05, 0) is 11.8 Å². The fourth-order valence-corrected chi connectivity index (χ4v) is 3.11. The molecule has 9 heteroatoms. The fraction of sp³-hybridized carbons (Fsp3) is 0.667.